The second kappa shape index (κ2) is 5.32. The molecule has 1 aromatic carbocycles. The van der Waals surface area contributed by atoms with E-state index >= 15 is 0 Å². The lowest BCUT2D eigenvalue weighted by atomic mass is 10.1. The molecule has 3 heterocycles. The maximum atomic E-state index is 6.03. The molecule has 6 nitrogen and oxygen atoms in total. The first kappa shape index (κ1) is 14.2. The fourth-order valence-corrected chi connectivity index (χ4v) is 3.30. The Morgan fingerprint density at radius 2 is 1.91 bits per heavy atom. The van der Waals surface area contributed by atoms with Crippen molar-refractivity contribution in [1.29, 1.82) is 0 Å². The van der Waals surface area contributed by atoms with Crippen LogP contribution in [0.4, 0.5) is 5.82 Å². The largest absolute Gasteiger partial charge is 0.382 e. The number of fused-ring (bicyclic) bond motifs is 1. The number of imidazole rings is 1. The van der Waals surface area contributed by atoms with E-state index in [0.29, 0.717) is 22.3 Å². The molecule has 4 aromatic rings. The Morgan fingerprint density at radius 3 is 2.70 bits per heavy atom. The summed E-state index contributed by atoms with van der Waals surface area (Å²) in [6, 6.07) is 9.88. The molecule has 0 unspecified atom stereocenters. The number of hydrogen-bond donors (Lipinski definition) is 2. The van der Waals surface area contributed by atoms with Gasteiger partial charge in [0, 0.05) is 12.6 Å². The lowest BCUT2D eigenvalue weighted by Gasteiger charge is -2.06. The second-order valence-corrected chi connectivity index (χ2v) is 6.21. The average Bonchev–Trinajstić information content (AvgIpc) is 3.14. The van der Waals surface area contributed by atoms with Crippen LogP contribution in [0.25, 0.3) is 33.1 Å². The van der Waals surface area contributed by atoms with Crippen molar-refractivity contribution >= 4 is 40.1 Å². The third-order valence-corrected chi connectivity index (χ3v) is 4.67. The summed E-state index contributed by atoms with van der Waals surface area (Å²) in [5.74, 6) is 0.889. The van der Waals surface area contributed by atoms with Gasteiger partial charge in [0.15, 0.2) is 16.8 Å². The number of benzene rings is 1. The molecule has 0 aliphatic rings. The zero-order chi connectivity index (χ0) is 16.0. The second-order valence-electron chi connectivity index (χ2n) is 4.97. The Morgan fingerprint density at radius 1 is 1.13 bits per heavy atom. The molecular weight excluding hydrogens is 328 g/mol. The first-order chi connectivity index (χ1) is 11.1. The summed E-state index contributed by atoms with van der Waals surface area (Å²) in [4.78, 5) is 18.5. The molecule has 8 heteroatoms. The summed E-state index contributed by atoms with van der Waals surface area (Å²) in [5, 5.41) is 0.588. The van der Waals surface area contributed by atoms with E-state index in [9.17, 15) is 0 Å². The van der Waals surface area contributed by atoms with Crippen molar-refractivity contribution in [3.63, 3.8) is 0 Å². The van der Waals surface area contributed by atoms with Crippen LogP contribution < -0.4 is 5.73 Å². The highest BCUT2D eigenvalue weighted by molar-refractivity contribution is 7.80. The highest BCUT2D eigenvalue weighted by Crippen LogP contribution is 2.33. The molecule has 0 aliphatic heterocycles. The molecule has 0 saturated carbocycles. The topological polar surface area (TPSA) is 82.5 Å². The van der Waals surface area contributed by atoms with Gasteiger partial charge in [-0.3, -0.25) is 0 Å². The number of aromatic nitrogens is 5. The Bertz CT molecular complexity index is 1010. The molecule has 0 radical (unpaired) electrons. The fourth-order valence-electron chi connectivity index (χ4n) is 2.43. The maximum absolute atomic E-state index is 6.03. The standard InChI is InChI=1S/C15H12N6S2/c1-21-11(9(18-15(21)22)8-5-3-2-4-6-8)13-19-12(16)10-14(20-13)23-7-17-10/h2-7H,1H3,(H,18,22)(H2,16,19,20). The molecule has 23 heavy (non-hydrogen) atoms. The number of anilines is 1. The summed E-state index contributed by atoms with van der Waals surface area (Å²) in [6.07, 6.45) is 0. The molecule has 3 aromatic heterocycles. The molecule has 0 fully saturated rings. The van der Waals surface area contributed by atoms with Crippen LogP contribution in [0, 0.1) is 0 Å². The number of nitrogens with zero attached hydrogens (tertiary/aromatic N) is 5. The minimum atomic E-state index is 0.368. The van der Waals surface area contributed by atoms with Crippen molar-refractivity contribution in [2.24, 2.45) is 7.05 Å². The summed E-state index contributed by atoms with van der Waals surface area (Å²) >= 11 is 5.86. The Hall–Kier alpha value is -2.45. The van der Waals surface area contributed by atoms with E-state index in [1.165, 1.54) is 11.3 Å². The summed E-state index contributed by atoms with van der Waals surface area (Å²) in [6.45, 7) is 0. The van der Waals surface area contributed by atoms with Crippen LogP contribution in [0.1, 0.15) is 0 Å². The molecule has 0 spiro atoms. The summed E-state index contributed by atoms with van der Waals surface area (Å²) < 4.78 is 1.85. The van der Waals surface area contributed by atoms with Crippen molar-refractivity contribution in [1.82, 2.24) is 24.5 Å². The molecule has 0 amide bonds. The van der Waals surface area contributed by atoms with Crippen LogP contribution in [0.3, 0.4) is 0 Å². The van der Waals surface area contributed by atoms with E-state index in [1.54, 1.807) is 5.51 Å². The number of hydrogen-bond acceptors (Lipinski definition) is 7. The van der Waals surface area contributed by atoms with Crippen LogP contribution in [0.2, 0.25) is 0 Å². The number of nitrogen functional groups attached to an aromatic ring is 1. The predicted octanol–water partition coefficient (Wildman–Crippen LogP) is 3.02. The molecular formula is C15H12N6S2. The summed E-state index contributed by atoms with van der Waals surface area (Å²) in [5.41, 5.74) is 10.9. The molecule has 4 rings (SSSR count). The van der Waals surface area contributed by atoms with E-state index in [-0.39, 0.29) is 0 Å². The van der Waals surface area contributed by atoms with Crippen molar-refractivity contribution in [3.05, 3.63) is 35.8 Å². The summed E-state index contributed by atoms with van der Waals surface area (Å²) in [7, 11) is 1.88. The van der Waals surface area contributed by atoms with E-state index in [0.717, 1.165) is 21.8 Å². The van der Waals surface area contributed by atoms with Crippen LogP contribution >= 0.6 is 24.0 Å². The zero-order valence-corrected chi connectivity index (χ0v) is 13.8. The van der Waals surface area contributed by atoms with Gasteiger partial charge in [0.2, 0.25) is 0 Å². The molecule has 0 saturated heterocycles. The van der Waals surface area contributed by atoms with Gasteiger partial charge < -0.3 is 10.3 Å². The Balaban J connectivity index is 2.00. The third kappa shape index (κ3) is 2.27. The van der Waals surface area contributed by atoms with Crippen LogP contribution in [-0.4, -0.2) is 24.5 Å². The minimum Gasteiger partial charge on any atom is -0.382 e. The predicted molar refractivity (Wildman–Crippen MR) is 94.5 cm³/mol. The molecule has 0 atom stereocenters. The highest BCUT2D eigenvalue weighted by atomic mass is 32.1. The van der Waals surface area contributed by atoms with Crippen LogP contribution in [0.15, 0.2) is 41.0 Å². The van der Waals surface area contributed by atoms with Crippen molar-refractivity contribution in [2.45, 2.75) is 5.16 Å². The number of rotatable bonds is 2. The minimum absolute atomic E-state index is 0.368. The van der Waals surface area contributed by atoms with Gasteiger partial charge in [-0.05, 0) is 0 Å². The van der Waals surface area contributed by atoms with E-state index < -0.39 is 0 Å². The van der Waals surface area contributed by atoms with Gasteiger partial charge >= 0.3 is 0 Å². The lowest BCUT2D eigenvalue weighted by molar-refractivity contribution is 0.796. The fraction of sp³-hybridized carbons (Fsp3) is 0.0667. The first-order valence-electron chi connectivity index (χ1n) is 6.83. The van der Waals surface area contributed by atoms with Crippen molar-refractivity contribution in [2.75, 3.05) is 5.73 Å². The van der Waals surface area contributed by atoms with Gasteiger partial charge in [-0.25, -0.2) is 19.9 Å². The first-order valence-corrected chi connectivity index (χ1v) is 8.16. The van der Waals surface area contributed by atoms with Gasteiger partial charge in [-0.1, -0.05) is 30.3 Å². The quantitative estimate of drug-likeness (QED) is 0.548. The van der Waals surface area contributed by atoms with Gasteiger partial charge in [0.25, 0.3) is 0 Å². The lowest BCUT2D eigenvalue weighted by Crippen LogP contribution is -2.01. The Labute approximate surface area is 141 Å². The normalized spacial score (nSPS) is 11.2. The van der Waals surface area contributed by atoms with Crippen LogP contribution in [0.5, 0.6) is 0 Å². The van der Waals surface area contributed by atoms with Crippen LogP contribution in [-0.2, 0) is 7.05 Å². The smallest absolute Gasteiger partial charge is 0.182 e. The average molecular weight is 340 g/mol. The zero-order valence-electron chi connectivity index (χ0n) is 12.1. The SMILES string of the molecule is Cn1c(S)nc(-c2ccccc2)c1-c1nc(N)c2ncsc2n1. The highest BCUT2D eigenvalue weighted by Gasteiger charge is 2.20. The van der Waals surface area contributed by atoms with E-state index in [4.69, 9.17) is 5.73 Å². The number of nitrogens with two attached hydrogens (primary N) is 1. The number of thiazole rings is 1. The van der Waals surface area contributed by atoms with Gasteiger partial charge in [-0.15, -0.1) is 24.0 Å². The molecule has 0 bridgehead atoms. The van der Waals surface area contributed by atoms with Crippen molar-refractivity contribution < 1.29 is 0 Å². The van der Waals surface area contributed by atoms with Gasteiger partial charge in [-0.2, -0.15) is 0 Å². The molecule has 114 valence electrons. The maximum Gasteiger partial charge on any atom is 0.182 e. The van der Waals surface area contributed by atoms with Gasteiger partial charge in [0.1, 0.15) is 21.7 Å². The number of thiol groups is 1. The molecule has 2 N–H and O–H groups in total. The van der Waals surface area contributed by atoms with Gasteiger partial charge in [0.05, 0.1) is 5.51 Å². The monoisotopic (exact) mass is 340 g/mol. The van der Waals surface area contributed by atoms with Crippen molar-refractivity contribution in [3.8, 4) is 22.8 Å². The molecule has 0 aliphatic carbocycles. The third-order valence-electron chi connectivity index (χ3n) is 3.56. The van der Waals surface area contributed by atoms with E-state index in [1.807, 2.05) is 41.9 Å². The Kier molecular flexibility index (Phi) is 3.28. The van der Waals surface area contributed by atoms with E-state index in [2.05, 4.69) is 32.6 Å².